The van der Waals surface area contributed by atoms with Crippen LogP contribution in [0.1, 0.15) is 59.0 Å². The molecule has 1 heterocycles. The van der Waals surface area contributed by atoms with Gasteiger partial charge in [0.25, 0.3) is 10.0 Å². The van der Waals surface area contributed by atoms with Crippen LogP contribution in [-0.2, 0) is 14.4 Å². The van der Waals surface area contributed by atoms with E-state index >= 15 is 0 Å². The van der Waals surface area contributed by atoms with E-state index in [0.29, 0.717) is 22.4 Å². The number of hydrogen-bond donors (Lipinski definition) is 0. The van der Waals surface area contributed by atoms with Crippen LogP contribution in [0.2, 0.25) is 16.6 Å². The van der Waals surface area contributed by atoms with E-state index < -0.39 is 24.4 Å². The summed E-state index contributed by atoms with van der Waals surface area (Å²) in [6.45, 7) is 18.8. The van der Waals surface area contributed by atoms with E-state index in [9.17, 15) is 8.42 Å². The molecule has 0 aliphatic heterocycles. The Morgan fingerprint density at radius 3 is 2.06 bits per heavy atom. The third-order valence-electron chi connectivity index (χ3n) is 6.12. The fourth-order valence-corrected chi connectivity index (χ4v) is 11.4. The van der Waals surface area contributed by atoms with Gasteiger partial charge in [0.1, 0.15) is 11.9 Å². The Kier molecular flexibility index (Phi) is 8.77. The van der Waals surface area contributed by atoms with E-state index in [1.165, 1.54) is 10.5 Å². The van der Waals surface area contributed by atoms with Crippen molar-refractivity contribution in [1.29, 1.82) is 0 Å². The van der Waals surface area contributed by atoms with Crippen molar-refractivity contribution in [3.63, 3.8) is 0 Å². The van der Waals surface area contributed by atoms with Gasteiger partial charge >= 0.3 is 0 Å². The third kappa shape index (κ3) is 5.46. The Labute approximate surface area is 195 Å². The summed E-state index contributed by atoms with van der Waals surface area (Å²) in [6.07, 6.45) is 2.42. The summed E-state index contributed by atoms with van der Waals surface area (Å²) in [4.78, 5) is 0.216. The highest BCUT2D eigenvalue weighted by atomic mass is 32.2. The van der Waals surface area contributed by atoms with Gasteiger partial charge in [0.2, 0.25) is 8.32 Å². The molecule has 32 heavy (non-hydrogen) atoms. The van der Waals surface area contributed by atoms with E-state index in [0.717, 1.165) is 5.56 Å². The molecule has 0 saturated carbocycles. The predicted octanol–water partition coefficient (Wildman–Crippen LogP) is 6.81. The Bertz CT molecular complexity index is 983. The monoisotopic (exact) mass is 475 g/mol. The molecule has 176 valence electrons. The summed E-state index contributed by atoms with van der Waals surface area (Å²) in [6, 6.07) is 10.5. The molecule has 0 aliphatic rings. The number of benzene rings is 1. The molecule has 2 rings (SSSR count). The lowest BCUT2D eigenvalue weighted by Crippen LogP contribution is -2.49. The smallest absolute Gasteiger partial charge is 0.264 e. The standard InChI is InChI=1S/C25H37NO4SSi/c1-9-16-26(31(27,28)23-14-12-22(8)13-15-23)18-25(24-11-10-17-29-24)30-32(19(2)3,20(4)5)21(6)7/h10-17,19-21,25H,1,18H2,2-8H3. The molecule has 0 bridgehead atoms. The van der Waals surface area contributed by atoms with Gasteiger partial charge in [0, 0.05) is 0 Å². The third-order valence-corrected chi connectivity index (χ3v) is 14.0. The topological polar surface area (TPSA) is 59.8 Å². The van der Waals surface area contributed by atoms with Crippen molar-refractivity contribution in [3.8, 4) is 0 Å². The minimum Gasteiger partial charge on any atom is -0.467 e. The molecule has 5 nitrogen and oxygen atoms in total. The lowest BCUT2D eigenvalue weighted by molar-refractivity contribution is 0.136. The second kappa shape index (κ2) is 10.7. The van der Waals surface area contributed by atoms with Gasteiger partial charge in [-0.2, -0.15) is 0 Å². The van der Waals surface area contributed by atoms with Crippen molar-refractivity contribution >= 4 is 18.3 Å². The van der Waals surface area contributed by atoms with Crippen molar-refractivity contribution < 1.29 is 17.3 Å². The fraction of sp³-hybridized carbons (Fsp3) is 0.480. The van der Waals surface area contributed by atoms with Gasteiger partial charge in [-0.15, -0.1) is 5.73 Å². The summed E-state index contributed by atoms with van der Waals surface area (Å²) >= 11 is 0. The second-order valence-electron chi connectivity index (χ2n) is 9.16. The van der Waals surface area contributed by atoms with Crippen molar-refractivity contribution in [2.45, 2.75) is 76.1 Å². The predicted molar refractivity (Wildman–Crippen MR) is 132 cm³/mol. The highest BCUT2D eigenvalue weighted by molar-refractivity contribution is 7.89. The van der Waals surface area contributed by atoms with Gasteiger partial charge in [-0.1, -0.05) is 65.8 Å². The number of rotatable bonds is 11. The lowest BCUT2D eigenvalue weighted by Gasteiger charge is -2.44. The van der Waals surface area contributed by atoms with Gasteiger partial charge in [0.15, 0.2) is 0 Å². The highest BCUT2D eigenvalue weighted by Gasteiger charge is 2.47. The van der Waals surface area contributed by atoms with Gasteiger partial charge in [-0.05, 0) is 47.8 Å². The van der Waals surface area contributed by atoms with Crippen LogP contribution in [0, 0.1) is 6.92 Å². The molecule has 0 amide bonds. The van der Waals surface area contributed by atoms with Gasteiger partial charge < -0.3 is 8.84 Å². The van der Waals surface area contributed by atoms with Crippen LogP contribution in [0.3, 0.4) is 0 Å². The first-order valence-corrected chi connectivity index (χ1v) is 14.7. The quantitative estimate of drug-likeness (QED) is 0.264. The first kappa shape index (κ1) is 26.2. The van der Waals surface area contributed by atoms with Crippen LogP contribution >= 0.6 is 0 Å². The van der Waals surface area contributed by atoms with Crippen LogP contribution in [0.25, 0.3) is 0 Å². The van der Waals surface area contributed by atoms with Crippen molar-refractivity contribution in [1.82, 2.24) is 4.31 Å². The van der Waals surface area contributed by atoms with E-state index in [1.54, 1.807) is 36.6 Å². The molecular formula is C25H37NO4SSi. The molecule has 0 fully saturated rings. The van der Waals surface area contributed by atoms with Crippen LogP contribution < -0.4 is 0 Å². The van der Waals surface area contributed by atoms with E-state index in [2.05, 4.69) is 53.9 Å². The normalized spacial score (nSPS) is 13.4. The molecular weight excluding hydrogens is 438 g/mol. The van der Waals surface area contributed by atoms with Crippen LogP contribution in [-0.4, -0.2) is 27.6 Å². The lowest BCUT2D eigenvalue weighted by atomic mass is 10.2. The summed E-state index contributed by atoms with van der Waals surface area (Å²) < 4.78 is 40.9. The molecule has 0 spiro atoms. The highest BCUT2D eigenvalue weighted by Crippen LogP contribution is 2.45. The average molecular weight is 476 g/mol. The van der Waals surface area contributed by atoms with E-state index in [1.807, 2.05) is 13.0 Å². The van der Waals surface area contributed by atoms with Gasteiger partial charge in [0.05, 0.1) is 23.9 Å². The summed E-state index contributed by atoms with van der Waals surface area (Å²) in [7, 11) is -6.13. The fourth-order valence-electron chi connectivity index (χ4n) is 4.65. The number of furan rings is 1. The Morgan fingerprint density at radius 1 is 1.06 bits per heavy atom. The minimum absolute atomic E-state index is 0.0765. The molecule has 0 saturated heterocycles. The van der Waals surface area contributed by atoms with Crippen molar-refractivity contribution in [2.24, 2.45) is 0 Å². The maximum Gasteiger partial charge on any atom is 0.264 e. The largest absolute Gasteiger partial charge is 0.467 e. The van der Waals surface area contributed by atoms with E-state index in [4.69, 9.17) is 8.84 Å². The minimum atomic E-state index is -3.81. The Morgan fingerprint density at radius 2 is 1.62 bits per heavy atom. The molecule has 1 aromatic heterocycles. The maximum atomic E-state index is 13.5. The van der Waals surface area contributed by atoms with Crippen LogP contribution in [0.4, 0.5) is 0 Å². The molecule has 1 unspecified atom stereocenters. The summed E-state index contributed by atoms with van der Waals surface area (Å²) in [5, 5.41) is 0. The molecule has 7 heteroatoms. The van der Waals surface area contributed by atoms with Gasteiger partial charge in [-0.25, -0.2) is 8.42 Å². The molecule has 0 aliphatic carbocycles. The Hall–Kier alpha value is -2.05. The zero-order chi connectivity index (χ0) is 24.1. The molecule has 0 radical (unpaired) electrons. The zero-order valence-electron chi connectivity index (χ0n) is 20.3. The van der Waals surface area contributed by atoms with E-state index in [-0.39, 0.29) is 11.4 Å². The first-order valence-electron chi connectivity index (χ1n) is 11.1. The van der Waals surface area contributed by atoms with Crippen LogP contribution in [0.15, 0.2) is 70.5 Å². The SMILES string of the molecule is C=C=CN(CC(O[Si](C(C)C)(C(C)C)C(C)C)c1ccco1)S(=O)(=O)c1ccc(C)cc1. The number of nitrogens with zero attached hydrogens (tertiary/aromatic N) is 1. The molecule has 0 N–H and O–H groups in total. The van der Waals surface area contributed by atoms with Crippen molar-refractivity contribution in [3.05, 3.63) is 72.5 Å². The maximum absolute atomic E-state index is 13.5. The summed E-state index contributed by atoms with van der Waals surface area (Å²) in [5.74, 6) is 0.616. The van der Waals surface area contributed by atoms with Crippen molar-refractivity contribution in [2.75, 3.05) is 6.54 Å². The summed E-state index contributed by atoms with van der Waals surface area (Å²) in [5.41, 5.74) is 4.66. The number of aryl methyl sites for hydroxylation is 1. The molecule has 1 atom stereocenters. The molecule has 2 aromatic rings. The van der Waals surface area contributed by atoms with Crippen LogP contribution in [0.5, 0.6) is 0 Å². The number of sulfonamides is 1. The number of hydrogen-bond acceptors (Lipinski definition) is 4. The first-order chi connectivity index (χ1) is 15.0. The Balaban J connectivity index is 2.52. The zero-order valence-corrected chi connectivity index (χ0v) is 22.1. The average Bonchev–Trinajstić information content (AvgIpc) is 3.24. The van der Waals surface area contributed by atoms with Gasteiger partial charge in [-0.3, -0.25) is 4.31 Å². The molecule has 1 aromatic carbocycles. The second-order valence-corrected chi connectivity index (χ2v) is 16.5.